The molecule has 28 heavy (non-hydrogen) atoms. The van der Waals surface area contributed by atoms with Crippen molar-refractivity contribution in [2.75, 3.05) is 13.1 Å². The molecule has 3 atom stereocenters. The van der Waals surface area contributed by atoms with Gasteiger partial charge in [0, 0.05) is 38.9 Å². The fourth-order valence-electron chi connectivity index (χ4n) is 4.77. The Morgan fingerprint density at radius 2 is 1.79 bits per heavy atom. The van der Waals surface area contributed by atoms with E-state index >= 15 is 0 Å². The zero-order valence-corrected chi connectivity index (χ0v) is 17.9. The average molecular weight is 403 g/mol. The third-order valence-electron chi connectivity index (χ3n) is 5.92. The molecule has 5 nitrogen and oxygen atoms in total. The summed E-state index contributed by atoms with van der Waals surface area (Å²) in [6.07, 6.45) is 2.42. The van der Waals surface area contributed by atoms with Gasteiger partial charge < -0.3 is 15.0 Å². The SMILES string of the molecule is CC(=O)NC(C)CC(C1CCN(C(=O)OC(C)(C)C)CC1)C1CCC(F)(F)C1. The molecule has 1 heterocycles. The van der Waals surface area contributed by atoms with E-state index in [1.165, 1.54) is 6.92 Å². The summed E-state index contributed by atoms with van der Waals surface area (Å²) in [6, 6.07) is -0.0411. The van der Waals surface area contributed by atoms with Crippen LogP contribution in [0.4, 0.5) is 13.6 Å². The summed E-state index contributed by atoms with van der Waals surface area (Å²) >= 11 is 0. The number of halogens is 2. The van der Waals surface area contributed by atoms with Crippen molar-refractivity contribution in [2.45, 2.75) is 90.7 Å². The predicted molar refractivity (Wildman–Crippen MR) is 104 cm³/mol. The van der Waals surface area contributed by atoms with Gasteiger partial charge in [-0.3, -0.25) is 4.79 Å². The van der Waals surface area contributed by atoms with Crippen molar-refractivity contribution in [3.8, 4) is 0 Å². The van der Waals surface area contributed by atoms with Crippen molar-refractivity contribution in [2.24, 2.45) is 17.8 Å². The lowest BCUT2D eigenvalue weighted by molar-refractivity contribution is -0.119. The van der Waals surface area contributed by atoms with Crippen LogP contribution in [-0.4, -0.2) is 47.6 Å². The van der Waals surface area contributed by atoms with E-state index in [4.69, 9.17) is 4.74 Å². The first-order valence-electron chi connectivity index (χ1n) is 10.5. The van der Waals surface area contributed by atoms with E-state index in [1.54, 1.807) is 4.90 Å². The first kappa shape index (κ1) is 22.9. The Kier molecular flexibility index (Phi) is 7.32. The fourth-order valence-corrected chi connectivity index (χ4v) is 4.77. The Morgan fingerprint density at radius 1 is 1.18 bits per heavy atom. The van der Waals surface area contributed by atoms with Gasteiger partial charge >= 0.3 is 6.09 Å². The highest BCUT2D eigenvalue weighted by Gasteiger charge is 2.45. The molecule has 1 saturated heterocycles. The lowest BCUT2D eigenvalue weighted by Gasteiger charge is -2.39. The predicted octanol–water partition coefficient (Wildman–Crippen LogP) is 4.60. The normalized spacial score (nSPS) is 25.2. The van der Waals surface area contributed by atoms with Gasteiger partial charge in [0.05, 0.1) is 0 Å². The number of hydrogen-bond donors (Lipinski definition) is 1. The highest BCUT2D eigenvalue weighted by Crippen LogP contribution is 2.47. The largest absolute Gasteiger partial charge is 0.444 e. The Bertz CT molecular complexity index is 554. The van der Waals surface area contributed by atoms with Gasteiger partial charge in [-0.1, -0.05) is 0 Å². The van der Waals surface area contributed by atoms with E-state index in [2.05, 4.69) is 5.32 Å². The fraction of sp³-hybridized carbons (Fsp3) is 0.905. The second-order valence-corrected chi connectivity index (χ2v) is 9.66. The van der Waals surface area contributed by atoms with Crippen LogP contribution in [0.15, 0.2) is 0 Å². The second kappa shape index (κ2) is 8.95. The molecule has 1 saturated carbocycles. The van der Waals surface area contributed by atoms with Crippen LogP contribution >= 0.6 is 0 Å². The number of piperidine rings is 1. The van der Waals surface area contributed by atoms with E-state index in [0.717, 1.165) is 12.8 Å². The number of ether oxygens (including phenoxy) is 1. The Balaban J connectivity index is 2.00. The first-order valence-corrected chi connectivity index (χ1v) is 10.5. The second-order valence-electron chi connectivity index (χ2n) is 9.66. The quantitative estimate of drug-likeness (QED) is 0.731. The van der Waals surface area contributed by atoms with Crippen LogP contribution in [0.25, 0.3) is 0 Å². The van der Waals surface area contributed by atoms with E-state index in [-0.39, 0.29) is 48.6 Å². The van der Waals surface area contributed by atoms with Gasteiger partial charge in [0.15, 0.2) is 0 Å². The van der Waals surface area contributed by atoms with Crippen LogP contribution in [0, 0.1) is 17.8 Å². The van der Waals surface area contributed by atoms with Gasteiger partial charge in [0.25, 0.3) is 0 Å². The number of likely N-dealkylation sites (tertiary alicyclic amines) is 1. The van der Waals surface area contributed by atoms with Crippen molar-refractivity contribution in [1.82, 2.24) is 10.2 Å². The summed E-state index contributed by atoms with van der Waals surface area (Å²) in [5.74, 6) is -2.27. The molecule has 0 spiro atoms. The molecule has 7 heteroatoms. The lowest BCUT2D eigenvalue weighted by atomic mass is 9.73. The smallest absolute Gasteiger partial charge is 0.410 e. The molecule has 0 aromatic rings. The minimum Gasteiger partial charge on any atom is -0.444 e. The molecular weight excluding hydrogens is 366 g/mol. The standard InChI is InChI=1S/C21H36F2N2O3/c1-14(24-15(2)26)12-18(17-6-9-21(22,23)13-17)16-7-10-25(11-8-16)19(27)28-20(3,4)5/h14,16-18H,6-13H2,1-5H3,(H,24,26). The van der Waals surface area contributed by atoms with Crippen LogP contribution in [0.3, 0.4) is 0 Å². The lowest BCUT2D eigenvalue weighted by Crippen LogP contribution is -2.44. The highest BCUT2D eigenvalue weighted by atomic mass is 19.3. The Morgan fingerprint density at radius 3 is 2.25 bits per heavy atom. The maximum Gasteiger partial charge on any atom is 0.410 e. The molecule has 1 aliphatic heterocycles. The van der Waals surface area contributed by atoms with Gasteiger partial charge in [-0.25, -0.2) is 13.6 Å². The van der Waals surface area contributed by atoms with Gasteiger partial charge in [0.1, 0.15) is 5.60 Å². The van der Waals surface area contributed by atoms with Crippen LogP contribution < -0.4 is 5.32 Å². The zero-order valence-electron chi connectivity index (χ0n) is 17.9. The van der Waals surface area contributed by atoms with Gasteiger partial charge in [0.2, 0.25) is 11.8 Å². The van der Waals surface area contributed by atoms with Crippen LogP contribution in [0.5, 0.6) is 0 Å². The molecule has 0 aromatic heterocycles. The maximum absolute atomic E-state index is 13.9. The van der Waals surface area contributed by atoms with Crippen molar-refractivity contribution >= 4 is 12.0 Å². The van der Waals surface area contributed by atoms with E-state index < -0.39 is 11.5 Å². The van der Waals surface area contributed by atoms with Crippen molar-refractivity contribution in [3.05, 3.63) is 0 Å². The minimum atomic E-state index is -2.57. The molecule has 0 aromatic carbocycles. The Labute approximate surface area is 167 Å². The highest BCUT2D eigenvalue weighted by molar-refractivity contribution is 5.73. The summed E-state index contributed by atoms with van der Waals surface area (Å²) in [5.41, 5.74) is -0.528. The van der Waals surface area contributed by atoms with Gasteiger partial charge in [-0.2, -0.15) is 0 Å². The topological polar surface area (TPSA) is 58.6 Å². The summed E-state index contributed by atoms with van der Waals surface area (Å²) < 4.78 is 33.2. The molecule has 0 bridgehead atoms. The van der Waals surface area contributed by atoms with E-state index in [0.29, 0.717) is 25.9 Å². The molecule has 2 amide bonds. The van der Waals surface area contributed by atoms with Crippen molar-refractivity contribution in [3.63, 3.8) is 0 Å². The number of amides is 2. The number of carbonyl (C=O) groups excluding carboxylic acids is 2. The number of hydrogen-bond acceptors (Lipinski definition) is 3. The van der Waals surface area contributed by atoms with E-state index in [9.17, 15) is 18.4 Å². The number of carbonyl (C=O) groups is 2. The molecule has 0 radical (unpaired) electrons. The number of nitrogens with zero attached hydrogens (tertiary/aromatic N) is 1. The first-order chi connectivity index (χ1) is 12.9. The zero-order chi connectivity index (χ0) is 21.1. The molecule has 1 N–H and O–H groups in total. The third-order valence-corrected chi connectivity index (χ3v) is 5.92. The summed E-state index contributed by atoms with van der Waals surface area (Å²) in [7, 11) is 0. The Hall–Kier alpha value is -1.40. The monoisotopic (exact) mass is 402 g/mol. The summed E-state index contributed by atoms with van der Waals surface area (Å²) in [4.78, 5) is 25.4. The molecule has 2 rings (SSSR count). The van der Waals surface area contributed by atoms with Gasteiger partial charge in [-0.05, 0) is 71.1 Å². The molecule has 2 aliphatic rings. The number of rotatable bonds is 5. The van der Waals surface area contributed by atoms with E-state index in [1.807, 2.05) is 27.7 Å². The summed E-state index contributed by atoms with van der Waals surface area (Å²) in [5, 5.41) is 2.90. The van der Waals surface area contributed by atoms with Crippen LogP contribution in [0.2, 0.25) is 0 Å². The molecule has 3 unspecified atom stereocenters. The molecule has 2 fully saturated rings. The molecule has 1 aliphatic carbocycles. The van der Waals surface area contributed by atoms with Crippen LogP contribution in [-0.2, 0) is 9.53 Å². The van der Waals surface area contributed by atoms with Crippen molar-refractivity contribution < 1.29 is 23.1 Å². The average Bonchev–Trinajstić information content (AvgIpc) is 2.90. The maximum atomic E-state index is 13.9. The number of alkyl halides is 2. The minimum absolute atomic E-state index is 0.0238. The molecule has 162 valence electrons. The molecular formula is C21H36F2N2O3. The van der Waals surface area contributed by atoms with Crippen molar-refractivity contribution in [1.29, 1.82) is 0 Å². The number of nitrogens with one attached hydrogen (secondary N) is 1. The third kappa shape index (κ3) is 6.89. The summed E-state index contributed by atoms with van der Waals surface area (Å²) in [6.45, 7) is 10.1. The van der Waals surface area contributed by atoms with Crippen LogP contribution in [0.1, 0.15) is 73.1 Å². The van der Waals surface area contributed by atoms with Gasteiger partial charge in [-0.15, -0.1) is 0 Å².